The monoisotopic (exact) mass is 369 g/mol. The molecule has 1 aromatic rings. The van der Waals surface area contributed by atoms with Gasteiger partial charge in [0, 0.05) is 19.2 Å². The molecule has 0 spiro atoms. The van der Waals surface area contributed by atoms with Gasteiger partial charge in [-0.25, -0.2) is 9.78 Å². The molecule has 8 heteroatoms. The number of amides is 1. The molecule has 25 heavy (non-hydrogen) atoms. The van der Waals surface area contributed by atoms with E-state index in [0.717, 1.165) is 32.2 Å². The SMILES string of the molecule is CC(C)(C)OC(=O)NCC1CCC(CNc2nc(N)cc(Cl)n2)CC1. The van der Waals surface area contributed by atoms with Crippen LogP contribution in [0.5, 0.6) is 0 Å². The van der Waals surface area contributed by atoms with Gasteiger partial charge in [-0.1, -0.05) is 11.6 Å². The summed E-state index contributed by atoms with van der Waals surface area (Å²) in [5, 5.41) is 6.42. The molecule has 0 bridgehead atoms. The second-order valence-electron chi connectivity index (χ2n) is 7.59. The second-order valence-corrected chi connectivity index (χ2v) is 7.98. The Balaban J connectivity index is 1.67. The number of rotatable bonds is 5. The molecular weight excluding hydrogens is 342 g/mol. The number of hydrogen-bond acceptors (Lipinski definition) is 6. The highest BCUT2D eigenvalue weighted by molar-refractivity contribution is 6.29. The minimum Gasteiger partial charge on any atom is -0.444 e. The van der Waals surface area contributed by atoms with Crippen LogP contribution >= 0.6 is 11.6 Å². The number of nitrogen functional groups attached to an aromatic ring is 1. The van der Waals surface area contributed by atoms with Crippen molar-refractivity contribution in [2.45, 2.75) is 52.1 Å². The van der Waals surface area contributed by atoms with E-state index in [-0.39, 0.29) is 6.09 Å². The molecule has 0 aromatic carbocycles. The van der Waals surface area contributed by atoms with Crippen molar-refractivity contribution >= 4 is 29.5 Å². The van der Waals surface area contributed by atoms with Gasteiger partial charge in [0.1, 0.15) is 16.6 Å². The Kier molecular flexibility index (Phi) is 6.70. The molecule has 0 unspecified atom stereocenters. The van der Waals surface area contributed by atoms with E-state index in [1.807, 2.05) is 20.8 Å². The highest BCUT2D eigenvalue weighted by Crippen LogP contribution is 2.28. The van der Waals surface area contributed by atoms with Crippen molar-refractivity contribution in [2.24, 2.45) is 11.8 Å². The normalized spacial score (nSPS) is 20.8. The minimum atomic E-state index is -0.459. The topological polar surface area (TPSA) is 102 Å². The third kappa shape index (κ3) is 7.34. The maximum absolute atomic E-state index is 11.7. The Bertz CT molecular complexity index is 563. The molecule has 1 amide bonds. The summed E-state index contributed by atoms with van der Waals surface area (Å²) in [6.45, 7) is 7.06. The smallest absolute Gasteiger partial charge is 0.407 e. The molecule has 0 atom stereocenters. The predicted molar refractivity (Wildman–Crippen MR) is 99.6 cm³/mol. The highest BCUT2D eigenvalue weighted by Gasteiger charge is 2.23. The first-order valence-corrected chi connectivity index (χ1v) is 9.10. The largest absolute Gasteiger partial charge is 0.444 e. The number of carbonyl (C=O) groups excluding carboxylic acids is 1. The first kappa shape index (κ1) is 19.6. The van der Waals surface area contributed by atoms with E-state index in [4.69, 9.17) is 22.1 Å². The van der Waals surface area contributed by atoms with Gasteiger partial charge in [0.05, 0.1) is 0 Å². The average Bonchev–Trinajstić information content (AvgIpc) is 2.49. The fourth-order valence-corrected chi connectivity index (χ4v) is 3.12. The lowest BCUT2D eigenvalue weighted by Crippen LogP contribution is -2.36. The number of carbonyl (C=O) groups is 1. The van der Waals surface area contributed by atoms with Crippen LogP contribution in [0.15, 0.2) is 6.07 Å². The van der Waals surface area contributed by atoms with Crippen molar-refractivity contribution < 1.29 is 9.53 Å². The number of ether oxygens (including phenoxy) is 1. The van der Waals surface area contributed by atoms with Crippen molar-refractivity contribution in [1.82, 2.24) is 15.3 Å². The van der Waals surface area contributed by atoms with Crippen molar-refractivity contribution in [3.05, 3.63) is 11.2 Å². The van der Waals surface area contributed by atoms with Crippen LogP contribution in [0, 0.1) is 11.8 Å². The number of aromatic nitrogens is 2. The summed E-state index contributed by atoms with van der Waals surface area (Å²) >= 11 is 5.88. The molecule has 1 heterocycles. The van der Waals surface area contributed by atoms with Crippen molar-refractivity contribution in [3.8, 4) is 0 Å². The quantitative estimate of drug-likeness (QED) is 0.687. The van der Waals surface area contributed by atoms with E-state index in [2.05, 4.69) is 20.6 Å². The maximum Gasteiger partial charge on any atom is 0.407 e. The van der Waals surface area contributed by atoms with E-state index in [1.165, 1.54) is 6.07 Å². The molecule has 1 saturated carbocycles. The zero-order chi connectivity index (χ0) is 18.4. The van der Waals surface area contributed by atoms with Gasteiger partial charge in [0.25, 0.3) is 0 Å². The van der Waals surface area contributed by atoms with Gasteiger partial charge in [-0.05, 0) is 58.3 Å². The van der Waals surface area contributed by atoms with Crippen LogP contribution in [0.4, 0.5) is 16.6 Å². The third-order valence-electron chi connectivity index (χ3n) is 4.16. The van der Waals surface area contributed by atoms with Crippen molar-refractivity contribution in [1.29, 1.82) is 0 Å². The molecular formula is C17H28ClN5O2. The summed E-state index contributed by atoms with van der Waals surface area (Å²) in [6, 6.07) is 1.52. The standard InChI is InChI=1S/C17H28ClN5O2/c1-17(2,3)25-16(24)21-10-12-6-4-11(5-7-12)9-20-15-22-13(18)8-14(19)23-15/h8,11-12H,4-7,9-10H2,1-3H3,(H,21,24)(H3,19,20,22,23). The molecule has 7 nitrogen and oxygen atoms in total. The fraction of sp³-hybridized carbons (Fsp3) is 0.706. The number of hydrogen-bond donors (Lipinski definition) is 3. The summed E-state index contributed by atoms with van der Waals surface area (Å²) < 4.78 is 5.26. The maximum atomic E-state index is 11.7. The summed E-state index contributed by atoms with van der Waals surface area (Å²) in [7, 11) is 0. The van der Waals surface area contributed by atoms with Crippen molar-refractivity contribution in [2.75, 3.05) is 24.1 Å². The number of nitrogens with one attached hydrogen (secondary N) is 2. The fourth-order valence-electron chi connectivity index (χ4n) is 2.93. The lowest BCUT2D eigenvalue weighted by atomic mass is 9.82. The molecule has 4 N–H and O–H groups in total. The molecule has 0 aliphatic heterocycles. The lowest BCUT2D eigenvalue weighted by Gasteiger charge is -2.29. The first-order chi connectivity index (χ1) is 11.7. The highest BCUT2D eigenvalue weighted by atomic mass is 35.5. The van der Waals surface area contributed by atoms with Crippen LogP contribution in [-0.4, -0.2) is 34.8 Å². The van der Waals surface area contributed by atoms with Crippen LogP contribution in [0.2, 0.25) is 5.15 Å². The predicted octanol–water partition coefficient (Wildman–Crippen LogP) is 3.46. The molecule has 1 fully saturated rings. The number of alkyl carbamates (subject to hydrolysis) is 1. The van der Waals surface area contributed by atoms with Gasteiger partial charge in [0.2, 0.25) is 5.95 Å². The Morgan fingerprint density at radius 3 is 2.40 bits per heavy atom. The van der Waals surface area contributed by atoms with E-state index in [1.54, 1.807) is 0 Å². The van der Waals surface area contributed by atoms with E-state index < -0.39 is 5.60 Å². The minimum absolute atomic E-state index is 0.340. The molecule has 140 valence electrons. The molecule has 0 saturated heterocycles. The Labute approximate surface area is 154 Å². The number of nitrogens with two attached hydrogens (primary N) is 1. The van der Waals surface area contributed by atoms with Crippen LogP contribution in [0.25, 0.3) is 0 Å². The van der Waals surface area contributed by atoms with E-state index in [0.29, 0.717) is 35.3 Å². The number of nitrogens with zero attached hydrogens (tertiary/aromatic N) is 2. The molecule has 1 aliphatic rings. The Hall–Kier alpha value is -1.76. The van der Waals surface area contributed by atoms with Crippen LogP contribution < -0.4 is 16.4 Å². The number of halogens is 1. The molecule has 1 aromatic heterocycles. The van der Waals surface area contributed by atoms with Crippen molar-refractivity contribution in [3.63, 3.8) is 0 Å². The zero-order valence-corrected chi connectivity index (χ0v) is 15.9. The van der Waals surface area contributed by atoms with Gasteiger partial charge in [-0.3, -0.25) is 0 Å². The van der Waals surface area contributed by atoms with Gasteiger partial charge >= 0.3 is 6.09 Å². The summed E-state index contributed by atoms with van der Waals surface area (Å²) in [5.41, 5.74) is 5.20. The summed E-state index contributed by atoms with van der Waals surface area (Å²) in [4.78, 5) is 19.9. The van der Waals surface area contributed by atoms with E-state index in [9.17, 15) is 4.79 Å². The van der Waals surface area contributed by atoms with Crippen LogP contribution in [0.3, 0.4) is 0 Å². The number of anilines is 2. The first-order valence-electron chi connectivity index (χ1n) is 8.72. The molecule has 2 rings (SSSR count). The molecule has 1 aliphatic carbocycles. The van der Waals surface area contributed by atoms with Gasteiger partial charge in [-0.2, -0.15) is 4.98 Å². The van der Waals surface area contributed by atoms with Gasteiger partial charge in [-0.15, -0.1) is 0 Å². The Morgan fingerprint density at radius 2 is 1.84 bits per heavy atom. The van der Waals surface area contributed by atoms with Crippen LogP contribution in [0.1, 0.15) is 46.5 Å². The lowest BCUT2D eigenvalue weighted by molar-refractivity contribution is 0.0513. The summed E-state index contributed by atoms with van der Waals surface area (Å²) in [5.74, 6) is 1.89. The summed E-state index contributed by atoms with van der Waals surface area (Å²) in [6.07, 6.45) is 4.03. The van der Waals surface area contributed by atoms with Gasteiger partial charge in [0.15, 0.2) is 0 Å². The van der Waals surface area contributed by atoms with Crippen LogP contribution in [-0.2, 0) is 4.74 Å². The van der Waals surface area contributed by atoms with Gasteiger partial charge < -0.3 is 21.1 Å². The molecule has 0 radical (unpaired) electrons. The average molecular weight is 370 g/mol. The zero-order valence-electron chi connectivity index (χ0n) is 15.1. The second kappa shape index (κ2) is 8.56. The Morgan fingerprint density at radius 1 is 1.24 bits per heavy atom. The third-order valence-corrected chi connectivity index (χ3v) is 4.36. The van der Waals surface area contributed by atoms with E-state index >= 15 is 0 Å².